The topological polar surface area (TPSA) is 46.6 Å². The summed E-state index contributed by atoms with van der Waals surface area (Å²) in [5.41, 5.74) is 0. The Morgan fingerprint density at radius 1 is 1.21 bits per heavy atom. The summed E-state index contributed by atoms with van der Waals surface area (Å²) in [4.78, 5) is 26.6. The largest absolute Gasteiger partial charge is 0.465 e. The molecule has 1 aromatic rings. The van der Waals surface area contributed by atoms with Crippen molar-refractivity contribution in [2.75, 3.05) is 14.2 Å². The lowest BCUT2D eigenvalue weighted by atomic mass is 9.94. The van der Waals surface area contributed by atoms with Crippen molar-refractivity contribution in [2.24, 2.45) is 0 Å². The Hall–Kier alpha value is -1.36. The lowest BCUT2D eigenvalue weighted by Crippen LogP contribution is -2.37. The van der Waals surface area contributed by atoms with Crippen LogP contribution in [0.4, 0.5) is 0 Å². The van der Waals surface area contributed by atoms with E-state index in [2.05, 4.69) is 4.74 Å². The number of nitrogens with zero attached hydrogens (tertiary/aromatic N) is 1. The molecule has 104 valence electrons. The van der Waals surface area contributed by atoms with E-state index < -0.39 is 0 Å². The first-order valence-electron chi connectivity index (χ1n) is 6.59. The highest BCUT2D eigenvalue weighted by molar-refractivity contribution is 7.15. The van der Waals surface area contributed by atoms with E-state index in [1.54, 1.807) is 12.1 Å². The molecule has 0 N–H and O–H groups in total. The molecule has 2 rings (SSSR count). The van der Waals surface area contributed by atoms with E-state index in [0.717, 1.165) is 12.8 Å². The molecule has 5 heteroatoms. The van der Waals surface area contributed by atoms with Crippen molar-refractivity contribution in [1.82, 2.24) is 4.90 Å². The maximum Gasteiger partial charge on any atom is 0.348 e. The normalized spacial score (nSPS) is 16.1. The minimum Gasteiger partial charge on any atom is -0.465 e. The number of carbonyl (C=O) groups is 2. The molecule has 0 unspecified atom stereocenters. The molecule has 1 amide bonds. The van der Waals surface area contributed by atoms with Crippen LogP contribution >= 0.6 is 11.3 Å². The van der Waals surface area contributed by atoms with Crippen molar-refractivity contribution < 1.29 is 14.3 Å². The molecule has 0 spiro atoms. The van der Waals surface area contributed by atoms with Gasteiger partial charge in [0.05, 0.1) is 12.0 Å². The summed E-state index contributed by atoms with van der Waals surface area (Å²) >= 11 is 1.20. The first-order chi connectivity index (χ1) is 9.13. The molecule has 0 aliphatic heterocycles. The summed E-state index contributed by atoms with van der Waals surface area (Å²) in [5.74, 6) is -0.378. The summed E-state index contributed by atoms with van der Waals surface area (Å²) in [6.45, 7) is 0. The van der Waals surface area contributed by atoms with Gasteiger partial charge in [0.2, 0.25) is 0 Å². The number of hydrogen-bond donors (Lipinski definition) is 0. The molecule has 1 aliphatic carbocycles. The van der Waals surface area contributed by atoms with E-state index in [-0.39, 0.29) is 11.9 Å². The van der Waals surface area contributed by atoms with Gasteiger partial charge in [0, 0.05) is 13.1 Å². The number of esters is 1. The van der Waals surface area contributed by atoms with Crippen molar-refractivity contribution in [3.05, 3.63) is 21.9 Å². The third kappa shape index (κ3) is 3.15. The monoisotopic (exact) mass is 281 g/mol. The van der Waals surface area contributed by atoms with Crippen molar-refractivity contribution in [3.8, 4) is 0 Å². The van der Waals surface area contributed by atoms with Crippen molar-refractivity contribution in [3.63, 3.8) is 0 Å². The van der Waals surface area contributed by atoms with Crippen molar-refractivity contribution in [1.29, 1.82) is 0 Å². The fourth-order valence-electron chi connectivity index (χ4n) is 2.47. The van der Waals surface area contributed by atoms with Gasteiger partial charge in [0.1, 0.15) is 4.88 Å². The highest BCUT2D eigenvalue weighted by Crippen LogP contribution is 2.25. The van der Waals surface area contributed by atoms with Crippen LogP contribution in [-0.2, 0) is 4.74 Å². The second-order valence-corrected chi connectivity index (χ2v) is 5.95. The Labute approximate surface area is 117 Å². The Kier molecular flexibility index (Phi) is 4.58. The molecule has 1 heterocycles. The van der Waals surface area contributed by atoms with E-state index in [4.69, 9.17) is 0 Å². The molecule has 0 saturated heterocycles. The first-order valence-corrected chi connectivity index (χ1v) is 7.40. The van der Waals surface area contributed by atoms with Crippen LogP contribution in [0.15, 0.2) is 12.1 Å². The molecule has 1 saturated carbocycles. The maximum atomic E-state index is 12.4. The summed E-state index contributed by atoms with van der Waals surface area (Å²) in [6.07, 6.45) is 5.82. The van der Waals surface area contributed by atoms with Gasteiger partial charge in [-0.2, -0.15) is 0 Å². The van der Waals surface area contributed by atoms with Gasteiger partial charge in [-0.25, -0.2) is 4.79 Å². The zero-order valence-corrected chi connectivity index (χ0v) is 12.2. The third-order valence-corrected chi connectivity index (χ3v) is 4.70. The van der Waals surface area contributed by atoms with Crippen LogP contribution < -0.4 is 0 Å². The van der Waals surface area contributed by atoms with E-state index in [1.807, 2.05) is 11.9 Å². The molecule has 0 radical (unpaired) electrons. The van der Waals surface area contributed by atoms with Gasteiger partial charge in [-0.1, -0.05) is 19.3 Å². The van der Waals surface area contributed by atoms with E-state index in [0.29, 0.717) is 15.8 Å². The Bertz CT molecular complexity index is 463. The van der Waals surface area contributed by atoms with E-state index in [1.165, 1.54) is 37.7 Å². The Morgan fingerprint density at radius 3 is 2.47 bits per heavy atom. The predicted molar refractivity (Wildman–Crippen MR) is 74.6 cm³/mol. The van der Waals surface area contributed by atoms with Crippen LogP contribution in [0.1, 0.15) is 51.4 Å². The maximum absolute atomic E-state index is 12.4. The van der Waals surface area contributed by atoms with Crippen molar-refractivity contribution >= 4 is 23.2 Å². The quantitative estimate of drug-likeness (QED) is 0.800. The molecule has 1 aliphatic rings. The van der Waals surface area contributed by atoms with Crippen molar-refractivity contribution in [2.45, 2.75) is 38.1 Å². The molecule has 1 fully saturated rings. The lowest BCUT2D eigenvalue weighted by Gasteiger charge is -2.30. The zero-order valence-electron chi connectivity index (χ0n) is 11.3. The van der Waals surface area contributed by atoms with Crippen LogP contribution in [0.25, 0.3) is 0 Å². The second-order valence-electron chi connectivity index (χ2n) is 4.86. The van der Waals surface area contributed by atoms with Gasteiger partial charge in [-0.3, -0.25) is 4.79 Å². The molecule has 0 bridgehead atoms. The summed E-state index contributed by atoms with van der Waals surface area (Å²) in [5, 5.41) is 0. The molecule has 19 heavy (non-hydrogen) atoms. The number of hydrogen-bond acceptors (Lipinski definition) is 4. The van der Waals surface area contributed by atoms with Crippen LogP contribution in [-0.4, -0.2) is 37.0 Å². The van der Waals surface area contributed by atoms with Gasteiger partial charge in [0.15, 0.2) is 0 Å². The Balaban J connectivity index is 2.06. The number of rotatable bonds is 3. The first kappa shape index (κ1) is 14.1. The molecule has 1 aromatic heterocycles. The van der Waals surface area contributed by atoms with Gasteiger partial charge in [0.25, 0.3) is 5.91 Å². The van der Waals surface area contributed by atoms with Gasteiger partial charge in [-0.05, 0) is 25.0 Å². The SMILES string of the molecule is COC(=O)c1ccc(C(=O)N(C)C2CCCCC2)s1. The Morgan fingerprint density at radius 2 is 1.84 bits per heavy atom. The van der Waals surface area contributed by atoms with Crippen LogP contribution in [0.5, 0.6) is 0 Å². The molecular weight excluding hydrogens is 262 g/mol. The number of amides is 1. The number of methoxy groups -OCH3 is 1. The van der Waals surface area contributed by atoms with E-state index in [9.17, 15) is 9.59 Å². The second kappa shape index (κ2) is 6.19. The number of ether oxygens (including phenoxy) is 1. The molecular formula is C14H19NO3S. The number of carbonyl (C=O) groups excluding carboxylic acids is 2. The van der Waals surface area contributed by atoms with Crippen LogP contribution in [0, 0.1) is 0 Å². The van der Waals surface area contributed by atoms with Gasteiger partial charge >= 0.3 is 5.97 Å². The highest BCUT2D eigenvalue weighted by atomic mass is 32.1. The van der Waals surface area contributed by atoms with Gasteiger partial charge in [-0.15, -0.1) is 11.3 Å². The molecule has 0 atom stereocenters. The third-order valence-electron chi connectivity index (χ3n) is 3.65. The fraction of sp³-hybridized carbons (Fsp3) is 0.571. The summed E-state index contributed by atoms with van der Waals surface area (Å²) < 4.78 is 4.65. The smallest absolute Gasteiger partial charge is 0.348 e. The fourth-order valence-corrected chi connectivity index (χ4v) is 3.38. The van der Waals surface area contributed by atoms with Gasteiger partial charge < -0.3 is 9.64 Å². The van der Waals surface area contributed by atoms with Crippen LogP contribution in [0.3, 0.4) is 0 Å². The van der Waals surface area contributed by atoms with E-state index >= 15 is 0 Å². The minimum atomic E-state index is -0.385. The summed E-state index contributed by atoms with van der Waals surface area (Å²) in [7, 11) is 3.20. The summed E-state index contributed by atoms with van der Waals surface area (Å²) in [6, 6.07) is 3.70. The molecule has 0 aromatic carbocycles. The molecule has 4 nitrogen and oxygen atoms in total. The average Bonchev–Trinajstić information content (AvgIpc) is 2.95. The minimum absolute atomic E-state index is 0.00653. The average molecular weight is 281 g/mol. The number of thiophene rings is 1. The predicted octanol–water partition coefficient (Wildman–Crippen LogP) is 2.94. The standard InChI is InChI=1S/C14H19NO3S/c1-15(10-6-4-3-5-7-10)13(16)11-8-9-12(19-11)14(17)18-2/h8-10H,3-7H2,1-2H3. The zero-order chi connectivity index (χ0) is 13.8. The highest BCUT2D eigenvalue weighted by Gasteiger charge is 2.24. The lowest BCUT2D eigenvalue weighted by molar-refractivity contribution is 0.0606. The van der Waals surface area contributed by atoms with Crippen LogP contribution in [0.2, 0.25) is 0 Å².